The molecule has 0 amide bonds. The first-order valence-electron chi connectivity index (χ1n) is 6.23. The second-order valence-electron chi connectivity index (χ2n) is 6.48. The molecule has 80 valence electrons. The molecule has 0 aromatic rings. The molecule has 2 saturated carbocycles. The molecular weight excluding hydrogens is 168 g/mol. The van der Waals surface area contributed by atoms with Crippen LogP contribution in [0.4, 0.5) is 0 Å². The van der Waals surface area contributed by atoms with Crippen LogP contribution in [0.25, 0.3) is 0 Å². The van der Waals surface area contributed by atoms with Crippen LogP contribution in [0, 0.1) is 17.3 Å². The Balaban J connectivity index is 2.05. The zero-order chi connectivity index (χ0) is 10.2. The molecule has 0 nitrogen and oxygen atoms in total. The van der Waals surface area contributed by atoms with Crippen molar-refractivity contribution >= 4 is 0 Å². The van der Waals surface area contributed by atoms with Gasteiger partial charge >= 0.3 is 0 Å². The first kappa shape index (κ1) is 10.3. The molecule has 2 aliphatic rings. The highest BCUT2D eigenvalue weighted by molar-refractivity contribution is 5.12. The minimum Gasteiger partial charge on any atom is -0.0799 e. The van der Waals surface area contributed by atoms with E-state index in [1.807, 2.05) is 0 Å². The van der Waals surface area contributed by atoms with Gasteiger partial charge in [-0.1, -0.05) is 51.7 Å². The average Bonchev–Trinajstić information content (AvgIpc) is 1.99. The first-order chi connectivity index (χ1) is 6.53. The minimum absolute atomic E-state index is 0.390. The SMILES string of the molecule is CC(C)(C)C=C1CC2CCCC(C1)C2. The van der Waals surface area contributed by atoms with Crippen LogP contribution in [-0.4, -0.2) is 0 Å². The van der Waals surface area contributed by atoms with Gasteiger partial charge in [-0.05, 0) is 36.5 Å². The molecule has 2 unspecified atom stereocenters. The first-order valence-corrected chi connectivity index (χ1v) is 6.23. The molecule has 2 fully saturated rings. The quantitative estimate of drug-likeness (QED) is 0.494. The number of allylic oxidation sites excluding steroid dienone is 2. The van der Waals surface area contributed by atoms with Gasteiger partial charge in [-0.15, -0.1) is 0 Å². The predicted molar refractivity (Wildman–Crippen MR) is 62.2 cm³/mol. The lowest BCUT2D eigenvalue weighted by molar-refractivity contribution is 0.226. The molecule has 0 aliphatic heterocycles. The van der Waals surface area contributed by atoms with Crippen LogP contribution in [0.5, 0.6) is 0 Å². The van der Waals surface area contributed by atoms with Crippen molar-refractivity contribution in [2.45, 2.75) is 59.3 Å². The van der Waals surface area contributed by atoms with Crippen LogP contribution in [-0.2, 0) is 0 Å². The molecule has 0 saturated heterocycles. The molecule has 0 heteroatoms. The molecule has 2 rings (SSSR count). The smallest absolute Gasteiger partial charge is 0.0200 e. The topological polar surface area (TPSA) is 0 Å². The highest BCUT2D eigenvalue weighted by atomic mass is 14.3. The lowest BCUT2D eigenvalue weighted by atomic mass is 9.69. The van der Waals surface area contributed by atoms with Gasteiger partial charge in [0.05, 0.1) is 0 Å². The molecule has 0 N–H and O–H groups in total. The molecule has 2 aliphatic carbocycles. The van der Waals surface area contributed by atoms with E-state index in [1.165, 1.54) is 38.5 Å². The molecule has 0 spiro atoms. The fourth-order valence-electron chi connectivity index (χ4n) is 3.33. The monoisotopic (exact) mass is 192 g/mol. The molecular formula is C14H24. The maximum absolute atomic E-state index is 2.54. The second-order valence-corrected chi connectivity index (χ2v) is 6.48. The average molecular weight is 192 g/mol. The van der Waals surface area contributed by atoms with Crippen molar-refractivity contribution in [3.05, 3.63) is 11.6 Å². The van der Waals surface area contributed by atoms with E-state index in [4.69, 9.17) is 0 Å². The Morgan fingerprint density at radius 3 is 2.14 bits per heavy atom. The van der Waals surface area contributed by atoms with Crippen LogP contribution in [0.3, 0.4) is 0 Å². The van der Waals surface area contributed by atoms with Crippen molar-refractivity contribution in [2.75, 3.05) is 0 Å². The van der Waals surface area contributed by atoms with Gasteiger partial charge in [0.1, 0.15) is 0 Å². The third-order valence-electron chi connectivity index (χ3n) is 3.63. The van der Waals surface area contributed by atoms with Crippen LogP contribution < -0.4 is 0 Å². The largest absolute Gasteiger partial charge is 0.0799 e. The summed E-state index contributed by atoms with van der Waals surface area (Å²) in [7, 11) is 0. The maximum atomic E-state index is 2.54. The summed E-state index contributed by atoms with van der Waals surface area (Å²) in [5.74, 6) is 2.08. The summed E-state index contributed by atoms with van der Waals surface area (Å²) in [6.07, 6.45) is 11.4. The van der Waals surface area contributed by atoms with E-state index in [2.05, 4.69) is 26.8 Å². The van der Waals surface area contributed by atoms with Gasteiger partial charge in [0.2, 0.25) is 0 Å². The number of hydrogen-bond acceptors (Lipinski definition) is 0. The van der Waals surface area contributed by atoms with E-state index in [0.29, 0.717) is 5.41 Å². The summed E-state index contributed by atoms with van der Waals surface area (Å²) in [5.41, 5.74) is 2.15. The van der Waals surface area contributed by atoms with Gasteiger partial charge in [-0.25, -0.2) is 0 Å². The fraction of sp³-hybridized carbons (Fsp3) is 0.857. The molecule has 0 aromatic heterocycles. The summed E-state index contributed by atoms with van der Waals surface area (Å²) in [6, 6.07) is 0. The standard InChI is InChI=1S/C14H24/c1-14(2,3)10-13-8-11-5-4-6-12(7-11)9-13/h10-12H,4-9H2,1-3H3. The van der Waals surface area contributed by atoms with Crippen molar-refractivity contribution in [1.29, 1.82) is 0 Å². The Labute approximate surface area is 88.8 Å². The zero-order valence-electron chi connectivity index (χ0n) is 9.97. The van der Waals surface area contributed by atoms with Gasteiger partial charge in [-0.3, -0.25) is 0 Å². The van der Waals surface area contributed by atoms with Crippen LogP contribution in [0.15, 0.2) is 11.6 Å². The molecule has 0 heterocycles. The number of fused-ring (bicyclic) bond motifs is 2. The van der Waals surface area contributed by atoms with Gasteiger partial charge in [0.15, 0.2) is 0 Å². The van der Waals surface area contributed by atoms with Crippen molar-refractivity contribution < 1.29 is 0 Å². The summed E-state index contributed by atoms with van der Waals surface area (Å²) in [5, 5.41) is 0. The molecule has 2 bridgehead atoms. The summed E-state index contributed by atoms with van der Waals surface area (Å²) in [6.45, 7) is 6.97. The number of rotatable bonds is 0. The Hall–Kier alpha value is -0.260. The summed E-state index contributed by atoms with van der Waals surface area (Å²) in [4.78, 5) is 0. The van der Waals surface area contributed by atoms with Crippen molar-refractivity contribution in [2.24, 2.45) is 17.3 Å². The maximum Gasteiger partial charge on any atom is -0.0200 e. The van der Waals surface area contributed by atoms with E-state index >= 15 is 0 Å². The highest BCUT2D eigenvalue weighted by Crippen LogP contribution is 2.43. The third-order valence-corrected chi connectivity index (χ3v) is 3.63. The van der Waals surface area contributed by atoms with Gasteiger partial charge in [0, 0.05) is 0 Å². The molecule has 0 aromatic carbocycles. The lowest BCUT2D eigenvalue weighted by Crippen LogP contribution is -2.22. The normalized spacial score (nSPS) is 32.9. The van der Waals surface area contributed by atoms with E-state index < -0.39 is 0 Å². The molecule has 0 radical (unpaired) electrons. The lowest BCUT2D eigenvalue weighted by Gasteiger charge is -2.36. The molecule has 14 heavy (non-hydrogen) atoms. The van der Waals surface area contributed by atoms with E-state index in [-0.39, 0.29) is 0 Å². The van der Waals surface area contributed by atoms with Gasteiger partial charge < -0.3 is 0 Å². The Morgan fingerprint density at radius 1 is 1.07 bits per heavy atom. The minimum atomic E-state index is 0.390. The van der Waals surface area contributed by atoms with Crippen LogP contribution in [0.1, 0.15) is 59.3 Å². The third kappa shape index (κ3) is 2.62. The second kappa shape index (κ2) is 3.72. The van der Waals surface area contributed by atoms with E-state index in [9.17, 15) is 0 Å². The van der Waals surface area contributed by atoms with Crippen molar-refractivity contribution in [3.8, 4) is 0 Å². The summed E-state index contributed by atoms with van der Waals surface area (Å²) >= 11 is 0. The predicted octanol–water partition coefficient (Wildman–Crippen LogP) is 4.56. The van der Waals surface area contributed by atoms with Crippen molar-refractivity contribution in [1.82, 2.24) is 0 Å². The number of hydrogen-bond donors (Lipinski definition) is 0. The fourth-order valence-corrected chi connectivity index (χ4v) is 3.33. The highest BCUT2D eigenvalue weighted by Gasteiger charge is 2.28. The van der Waals surface area contributed by atoms with Crippen LogP contribution >= 0.6 is 0 Å². The van der Waals surface area contributed by atoms with Crippen molar-refractivity contribution in [3.63, 3.8) is 0 Å². The Bertz CT molecular complexity index is 215. The van der Waals surface area contributed by atoms with Gasteiger partial charge in [0.25, 0.3) is 0 Å². The van der Waals surface area contributed by atoms with Crippen LogP contribution in [0.2, 0.25) is 0 Å². The Kier molecular flexibility index (Phi) is 2.72. The summed E-state index contributed by atoms with van der Waals surface area (Å²) < 4.78 is 0. The van der Waals surface area contributed by atoms with Gasteiger partial charge in [-0.2, -0.15) is 0 Å². The Morgan fingerprint density at radius 2 is 1.64 bits per heavy atom. The zero-order valence-corrected chi connectivity index (χ0v) is 9.97. The molecule has 2 atom stereocenters. The van der Waals surface area contributed by atoms with E-state index in [0.717, 1.165) is 11.8 Å². The van der Waals surface area contributed by atoms with E-state index in [1.54, 1.807) is 5.57 Å².